The van der Waals surface area contributed by atoms with E-state index in [2.05, 4.69) is 171 Å². The lowest BCUT2D eigenvalue weighted by Gasteiger charge is -2.19. The van der Waals surface area contributed by atoms with Crippen LogP contribution in [-0.2, 0) is 10.8 Å². The number of hydrogen-bond acceptors (Lipinski definition) is 1. The van der Waals surface area contributed by atoms with Gasteiger partial charge in [0.1, 0.15) is 11.6 Å². The standard InChI is InChI=1S/C41H38BrN3/c1-24-9-13-34-29(17-24)30-18-25(2)10-14-35(30)44(34)38-21-28(42)22-39(33(38)23-43)45-36-15-11-26(40(3,4)5)19-31(36)32-20-27(41(6,7)8)12-16-37(32)45/h9-22H,1-8H3. The van der Waals surface area contributed by atoms with Crippen LogP contribution in [0.15, 0.2) is 89.4 Å². The van der Waals surface area contributed by atoms with Crippen LogP contribution in [0.5, 0.6) is 0 Å². The zero-order valence-electron chi connectivity index (χ0n) is 27.3. The molecule has 45 heavy (non-hydrogen) atoms. The first-order valence-corrected chi connectivity index (χ1v) is 16.4. The second-order valence-electron chi connectivity index (χ2n) is 14.6. The maximum atomic E-state index is 11.0. The van der Waals surface area contributed by atoms with E-state index in [4.69, 9.17) is 0 Å². The molecule has 3 nitrogen and oxygen atoms in total. The Hall–Kier alpha value is -4.33. The molecule has 4 heteroatoms. The molecule has 7 rings (SSSR count). The Morgan fingerprint density at radius 1 is 0.533 bits per heavy atom. The molecule has 7 aromatic rings. The molecular weight excluding hydrogens is 614 g/mol. The van der Waals surface area contributed by atoms with Crippen molar-refractivity contribution in [2.45, 2.75) is 66.2 Å². The third-order valence-electron chi connectivity index (χ3n) is 9.23. The molecule has 0 bridgehead atoms. The zero-order valence-corrected chi connectivity index (χ0v) is 28.9. The highest BCUT2D eigenvalue weighted by Gasteiger charge is 2.24. The van der Waals surface area contributed by atoms with E-state index in [-0.39, 0.29) is 10.8 Å². The van der Waals surface area contributed by atoms with Crippen LogP contribution in [0.25, 0.3) is 55.0 Å². The highest BCUT2D eigenvalue weighted by molar-refractivity contribution is 9.10. The van der Waals surface area contributed by atoms with Gasteiger partial charge in [-0.15, -0.1) is 0 Å². The van der Waals surface area contributed by atoms with Crippen LogP contribution in [0.1, 0.15) is 69.4 Å². The molecule has 5 aromatic carbocycles. The predicted octanol–water partition coefficient (Wildman–Crippen LogP) is 11.7. The molecule has 2 heterocycles. The molecule has 0 saturated heterocycles. The van der Waals surface area contributed by atoms with Crippen LogP contribution >= 0.6 is 15.9 Å². The molecule has 0 amide bonds. The van der Waals surface area contributed by atoms with Gasteiger partial charge in [-0.1, -0.05) is 92.9 Å². The fourth-order valence-electron chi connectivity index (χ4n) is 6.77. The van der Waals surface area contributed by atoms with Gasteiger partial charge >= 0.3 is 0 Å². The van der Waals surface area contributed by atoms with Gasteiger partial charge < -0.3 is 9.13 Å². The summed E-state index contributed by atoms with van der Waals surface area (Å²) in [6, 6.07) is 33.7. The van der Waals surface area contributed by atoms with Gasteiger partial charge in [0, 0.05) is 26.0 Å². The lowest BCUT2D eigenvalue weighted by molar-refractivity contribution is 0.590. The van der Waals surface area contributed by atoms with Crippen LogP contribution in [0.2, 0.25) is 0 Å². The normalized spacial score (nSPS) is 12.5. The van der Waals surface area contributed by atoms with Crippen molar-refractivity contribution in [2.75, 3.05) is 0 Å². The maximum Gasteiger partial charge on any atom is 0.104 e. The van der Waals surface area contributed by atoms with Gasteiger partial charge in [-0.05, 0) is 96.5 Å². The molecule has 0 N–H and O–H groups in total. The Kier molecular flexibility index (Phi) is 6.59. The SMILES string of the molecule is Cc1ccc2c(c1)c1cc(C)ccc1n2-c1cc(Br)cc(-n2c3ccc(C(C)(C)C)cc3c3cc(C(C)(C)C)ccc32)c1C#N. The second-order valence-corrected chi connectivity index (χ2v) is 15.5. The number of halogens is 1. The molecule has 0 saturated carbocycles. The Morgan fingerprint density at radius 2 is 0.889 bits per heavy atom. The Bertz CT molecular complexity index is 2250. The maximum absolute atomic E-state index is 11.0. The smallest absolute Gasteiger partial charge is 0.104 e. The summed E-state index contributed by atoms with van der Waals surface area (Å²) in [7, 11) is 0. The summed E-state index contributed by atoms with van der Waals surface area (Å²) in [5.41, 5.74) is 11.8. The van der Waals surface area contributed by atoms with Crippen LogP contribution in [-0.4, -0.2) is 9.13 Å². The Morgan fingerprint density at radius 3 is 1.24 bits per heavy atom. The molecule has 224 valence electrons. The Labute approximate surface area is 273 Å². The lowest BCUT2D eigenvalue weighted by atomic mass is 9.85. The van der Waals surface area contributed by atoms with Gasteiger partial charge in [0.15, 0.2) is 0 Å². The minimum atomic E-state index is 0.0122. The molecule has 0 aliphatic rings. The van der Waals surface area contributed by atoms with Crippen molar-refractivity contribution >= 4 is 59.5 Å². The number of aryl methyl sites for hydroxylation is 2. The quantitative estimate of drug-likeness (QED) is 0.183. The number of hydrogen-bond donors (Lipinski definition) is 0. The van der Waals surface area contributed by atoms with Crippen LogP contribution in [0.4, 0.5) is 0 Å². The topological polar surface area (TPSA) is 33.6 Å². The summed E-state index contributed by atoms with van der Waals surface area (Å²) in [4.78, 5) is 0. The third kappa shape index (κ3) is 4.68. The van der Waals surface area contributed by atoms with Gasteiger partial charge in [-0.2, -0.15) is 5.26 Å². The summed E-state index contributed by atoms with van der Waals surface area (Å²) < 4.78 is 5.48. The van der Waals surface area contributed by atoms with Crippen molar-refractivity contribution in [1.82, 2.24) is 9.13 Å². The van der Waals surface area contributed by atoms with Gasteiger partial charge in [0.25, 0.3) is 0 Å². The number of benzene rings is 5. The van der Waals surface area contributed by atoms with Gasteiger partial charge in [0.05, 0.1) is 33.4 Å². The van der Waals surface area contributed by atoms with E-state index in [0.717, 1.165) is 37.9 Å². The lowest BCUT2D eigenvalue weighted by Crippen LogP contribution is -2.10. The molecule has 0 aliphatic carbocycles. The van der Waals surface area contributed by atoms with E-state index in [9.17, 15) is 5.26 Å². The molecular formula is C41H38BrN3. The predicted molar refractivity (Wildman–Crippen MR) is 194 cm³/mol. The fraction of sp³-hybridized carbons (Fsp3) is 0.244. The molecule has 0 radical (unpaired) electrons. The van der Waals surface area contributed by atoms with Crippen molar-refractivity contribution in [3.8, 4) is 17.4 Å². The molecule has 0 atom stereocenters. The van der Waals surface area contributed by atoms with Crippen molar-refractivity contribution in [3.05, 3.63) is 117 Å². The molecule has 0 spiro atoms. The summed E-state index contributed by atoms with van der Waals surface area (Å²) in [6.07, 6.45) is 0. The summed E-state index contributed by atoms with van der Waals surface area (Å²) in [6.45, 7) is 17.8. The van der Waals surface area contributed by atoms with Crippen molar-refractivity contribution in [3.63, 3.8) is 0 Å². The van der Waals surface area contributed by atoms with E-state index < -0.39 is 0 Å². The van der Waals surface area contributed by atoms with Gasteiger partial charge in [0.2, 0.25) is 0 Å². The van der Waals surface area contributed by atoms with Gasteiger partial charge in [-0.25, -0.2) is 0 Å². The van der Waals surface area contributed by atoms with Crippen molar-refractivity contribution in [1.29, 1.82) is 5.26 Å². The van der Waals surface area contributed by atoms with Crippen LogP contribution < -0.4 is 0 Å². The highest BCUT2D eigenvalue weighted by atomic mass is 79.9. The summed E-state index contributed by atoms with van der Waals surface area (Å²) in [5, 5.41) is 15.8. The highest BCUT2D eigenvalue weighted by Crippen LogP contribution is 2.41. The first-order valence-electron chi connectivity index (χ1n) is 15.6. The average Bonchev–Trinajstić information content (AvgIpc) is 3.47. The molecule has 0 fully saturated rings. The van der Waals surface area contributed by atoms with Crippen molar-refractivity contribution in [2.24, 2.45) is 0 Å². The summed E-state index contributed by atoms with van der Waals surface area (Å²) >= 11 is 3.87. The number of nitriles is 1. The average molecular weight is 653 g/mol. The zero-order chi connectivity index (χ0) is 32.0. The van der Waals surface area contributed by atoms with E-state index in [1.165, 1.54) is 43.8 Å². The van der Waals surface area contributed by atoms with Crippen molar-refractivity contribution < 1.29 is 0 Å². The fourth-order valence-corrected chi connectivity index (χ4v) is 7.21. The van der Waals surface area contributed by atoms with E-state index >= 15 is 0 Å². The third-order valence-corrected chi connectivity index (χ3v) is 9.69. The van der Waals surface area contributed by atoms with E-state index in [0.29, 0.717) is 5.56 Å². The number of aromatic nitrogens is 2. The molecule has 2 aromatic heterocycles. The van der Waals surface area contributed by atoms with Crippen LogP contribution in [0.3, 0.4) is 0 Å². The number of rotatable bonds is 2. The largest absolute Gasteiger partial charge is 0.308 e. The van der Waals surface area contributed by atoms with E-state index in [1.807, 2.05) is 0 Å². The minimum Gasteiger partial charge on any atom is -0.308 e. The Balaban J connectivity index is 1.61. The molecule has 0 aliphatic heterocycles. The number of nitrogens with zero attached hydrogens (tertiary/aromatic N) is 3. The second kappa shape index (κ2) is 10.1. The minimum absolute atomic E-state index is 0.0122. The summed E-state index contributed by atoms with van der Waals surface area (Å²) in [5.74, 6) is 0. The monoisotopic (exact) mass is 651 g/mol. The van der Waals surface area contributed by atoms with E-state index in [1.54, 1.807) is 0 Å². The van der Waals surface area contributed by atoms with Gasteiger partial charge in [-0.3, -0.25) is 0 Å². The first-order chi connectivity index (χ1) is 21.3. The van der Waals surface area contributed by atoms with Crippen LogP contribution in [0, 0.1) is 25.2 Å². The first kappa shape index (κ1) is 29.4. The number of fused-ring (bicyclic) bond motifs is 6. The molecule has 0 unspecified atom stereocenters.